The predicted molar refractivity (Wildman–Crippen MR) is 78.9 cm³/mol. The van der Waals surface area contributed by atoms with Gasteiger partial charge in [-0.2, -0.15) is 0 Å². The molecule has 0 radical (unpaired) electrons. The van der Waals surface area contributed by atoms with Gasteiger partial charge < -0.3 is 15.0 Å². The Hall–Kier alpha value is -1.94. The quantitative estimate of drug-likeness (QED) is 0.890. The molecule has 1 amide bonds. The molecule has 0 aliphatic heterocycles. The van der Waals surface area contributed by atoms with E-state index in [1.54, 1.807) is 25.1 Å². The first kappa shape index (κ1) is 14.5. The topological polar surface area (TPSA) is 54.1 Å². The smallest absolute Gasteiger partial charge is 0.261 e. The van der Waals surface area contributed by atoms with E-state index in [0.717, 1.165) is 11.1 Å². The molecule has 2 N–H and O–H groups in total. The van der Waals surface area contributed by atoms with Crippen LogP contribution in [-0.4, -0.2) is 17.0 Å². The third-order valence-electron chi connectivity index (χ3n) is 2.94. The molecule has 1 atom stereocenters. The highest BCUT2D eigenvalue weighted by atomic mass is 35.5. The van der Waals surface area contributed by atoms with Gasteiger partial charge in [-0.1, -0.05) is 11.6 Å². The average molecular weight is 293 g/mol. The number of H-pyrrole nitrogens is 1. The van der Waals surface area contributed by atoms with Crippen molar-refractivity contribution in [3.05, 3.63) is 52.8 Å². The lowest BCUT2D eigenvalue weighted by molar-refractivity contribution is -0.127. The summed E-state index contributed by atoms with van der Waals surface area (Å²) in [5.41, 5.74) is 1.93. The number of hydrogen-bond donors (Lipinski definition) is 2. The van der Waals surface area contributed by atoms with Gasteiger partial charge >= 0.3 is 0 Å². The van der Waals surface area contributed by atoms with E-state index in [2.05, 4.69) is 10.3 Å². The van der Waals surface area contributed by atoms with E-state index in [1.807, 2.05) is 25.4 Å². The molecule has 2 rings (SSSR count). The number of rotatable bonds is 5. The van der Waals surface area contributed by atoms with Crippen molar-refractivity contribution in [1.29, 1.82) is 0 Å². The first-order valence-corrected chi connectivity index (χ1v) is 6.76. The van der Waals surface area contributed by atoms with Gasteiger partial charge in [-0.15, -0.1) is 0 Å². The van der Waals surface area contributed by atoms with Crippen LogP contribution in [0.15, 0.2) is 36.7 Å². The first-order chi connectivity index (χ1) is 9.56. The van der Waals surface area contributed by atoms with Crippen LogP contribution in [-0.2, 0) is 11.3 Å². The van der Waals surface area contributed by atoms with E-state index < -0.39 is 6.10 Å². The Labute approximate surface area is 123 Å². The van der Waals surface area contributed by atoms with Crippen LogP contribution in [0.25, 0.3) is 0 Å². The SMILES string of the molecule is Cc1cc(Cl)ccc1OC(C)C(=O)NCc1cc[nH]c1. The largest absolute Gasteiger partial charge is 0.481 e. The zero-order valence-corrected chi connectivity index (χ0v) is 12.2. The molecular formula is C15H17ClN2O2. The number of carbonyl (C=O) groups is 1. The first-order valence-electron chi connectivity index (χ1n) is 6.38. The molecule has 20 heavy (non-hydrogen) atoms. The van der Waals surface area contributed by atoms with Crippen molar-refractivity contribution in [1.82, 2.24) is 10.3 Å². The molecule has 5 heteroatoms. The fourth-order valence-electron chi connectivity index (χ4n) is 1.79. The summed E-state index contributed by atoms with van der Waals surface area (Å²) in [5, 5.41) is 3.48. The standard InChI is InChI=1S/C15H17ClN2O2/c1-10-7-13(16)3-4-14(10)20-11(2)15(19)18-9-12-5-6-17-8-12/h3-8,11,17H,9H2,1-2H3,(H,18,19). The van der Waals surface area contributed by atoms with Crippen LogP contribution in [0.3, 0.4) is 0 Å². The summed E-state index contributed by atoms with van der Waals surface area (Å²) in [5.74, 6) is 0.513. The van der Waals surface area contributed by atoms with Crippen LogP contribution in [0.2, 0.25) is 5.02 Å². The Morgan fingerprint density at radius 1 is 1.45 bits per heavy atom. The predicted octanol–water partition coefficient (Wildman–Crippen LogP) is 3.06. The van der Waals surface area contributed by atoms with Crippen molar-refractivity contribution < 1.29 is 9.53 Å². The van der Waals surface area contributed by atoms with Gasteiger partial charge in [-0.05, 0) is 49.2 Å². The lowest BCUT2D eigenvalue weighted by atomic mass is 10.2. The van der Waals surface area contributed by atoms with E-state index >= 15 is 0 Å². The highest BCUT2D eigenvalue weighted by Gasteiger charge is 2.15. The molecule has 0 spiro atoms. The molecule has 0 fully saturated rings. The number of aromatic nitrogens is 1. The van der Waals surface area contributed by atoms with Crippen LogP contribution < -0.4 is 10.1 Å². The minimum absolute atomic E-state index is 0.152. The number of halogens is 1. The maximum Gasteiger partial charge on any atom is 0.261 e. The number of aryl methyl sites for hydroxylation is 1. The van der Waals surface area contributed by atoms with Crippen LogP contribution in [0.1, 0.15) is 18.1 Å². The molecule has 1 unspecified atom stereocenters. The van der Waals surface area contributed by atoms with E-state index in [9.17, 15) is 4.79 Å². The van der Waals surface area contributed by atoms with Crippen LogP contribution in [0.5, 0.6) is 5.75 Å². The summed E-state index contributed by atoms with van der Waals surface area (Å²) in [6.07, 6.45) is 3.10. The maximum absolute atomic E-state index is 11.9. The molecule has 0 saturated carbocycles. The Balaban J connectivity index is 1.90. The number of aromatic amines is 1. The minimum Gasteiger partial charge on any atom is -0.481 e. The van der Waals surface area contributed by atoms with Crippen molar-refractivity contribution in [2.45, 2.75) is 26.5 Å². The average Bonchev–Trinajstić information content (AvgIpc) is 2.92. The summed E-state index contributed by atoms with van der Waals surface area (Å²) in [6.45, 7) is 4.10. The second-order valence-corrected chi connectivity index (χ2v) is 5.04. The number of carbonyl (C=O) groups excluding carboxylic acids is 1. The molecule has 1 aromatic heterocycles. The molecule has 1 aromatic carbocycles. The van der Waals surface area contributed by atoms with Crippen molar-refractivity contribution >= 4 is 17.5 Å². The third kappa shape index (κ3) is 3.78. The van der Waals surface area contributed by atoms with Gasteiger partial charge in [-0.25, -0.2) is 0 Å². The number of hydrogen-bond acceptors (Lipinski definition) is 2. The van der Waals surface area contributed by atoms with Crippen molar-refractivity contribution in [3.8, 4) is 5.75 Å². The maximum atomic E-state index is 11.9. The van der Waals surface area contributed by atoms with Gasteiger partial charge in [0.05, 0.1) is 0 Å². The van der Waals surface area contributed by atoms with Gasteiger partial charge in [-0.3, -0.25) is 4.79 Å². The van der Waals surface area contributed by atoms with Crippen molar-refractivity contribution in [3.63, 3.8) is 0 Å². The lowest BCUT2D eigenvalue weighted by Crippen LogP contribution is -2.35. The normalized spacial score (nSPS) is 11.9. The Bertz CT molecular complexity index is 582. The molecular weight excluding hydrogens is 276 g/mol. The van der Waals surface area contributed by atoms with Gasteiger partial charge in [0.25, 0.3) is 5.91 Å². The van der Waals surface area contributed by atoms with Gasteiger partial charge in [0.2, 0.25) is 0 Å². The van der Waals surface area contributed by atoms with E-state index in [0.29, 0.717) is 17.3 Å². The Morgan fingerprint density at radius 2 is 2.25 bits per heavy atom. The molecule has 2 aromatic rings. The van der Waals surface area contributed by atoms with E-state index in [4.69, 9.17) is 16.3 Å². The van der Waals surface area contributed by atoms with Crippen LogP contribution >= 0.6 is 11.6 Å². The molecule has 1 heterocycles. The summed E-state index contributed by atoms with van der Waals surface area (Å²) in [4.78, 5) is 14.9. The molecule has 0 saturated heterocycles. The highest BCUT2D eigenvalue weighted by molar-refractivity contribution is 6.30. The second-order valence-electron chi connectivity index (χ2n) is 4.61. The van der Waals surface area contributed by atoms with E-state index in [-0.39, 0.29) is 5.91 Å². The zero-order chi connectivity index (χ0) is 14.5. The Morgan fingerprint density at radius 3 is 2.90 bits per heavy atom. The van der Waals surface area contributed by atoms with E-state index in [1.165, 1.54) is 0 Å². The van der Waals surface area contributed by atoms with Gasteiger partial charge in [0, 0.05) is 24.0 Å². The molecule has 4 nitrogen and oxygen atoms in total. The molecule has 0 bridgehead atoms. The second kappa shape index (κ2) is 6.48. The minimum atomic E-state index is -0.561. The monoisotopic (exact) mass is 292 g/mol. The van der Waals surface area contributed by atoms with Crippen LogP contribution in [0.4, 0.5) is 0 Å². The van der Waals surface area contributed by atoms with Crippen LogP contribution in [0, 0.1) is 6.92 Å². The van der Waals surface area contributed by atoms with Gasteiger partial charge in [0.1, 0.15) is 5.75 Å². The molecule has 0 aliphatic carbocycles. The van der Waals surface area contributed by atoms with Crippen molar-refractivity contribution in [2.75, 3.05) is 0 Å². The zero-order valence-electron chi connectivity index (χ0n) is 11.4. The highest BCUT2D eigenvalue weighted by Crippen LogP contribution is 2.22. The fourth-order valence-corrected chi connectivity index (χ4v) is 2.02. The lowest BCUT2D eigenvalue weighted by Gasteiger charge is -2.16. The third-order valence-corrected chi connectivity index (χ3v) is 3.17. The molecule has 0 aliphatic rings. The number of amides is 1. The number of nitrogens with one attached hydrogen (secondary N) is 2. The summed E-state index contributed by atoms with van der Waals surface area (Å²) < 4.78 is 5.65. The van der Waals surface area contributed by atoms with Crippen molar-refractivity contribution in [2.24, 2.45) is 0 Å². The number of benzene rings is 1. The van der Waals surface area contributed by atoms with Gasteiger partial charge in [0.15, 0.2) is 6.10 Å². The summed E-state index contributed by atoms with van der Waals surface area (Å²) in [7, 11) is 0. The molecule has 106 valence electrons. The summed E-state index contributed by atoms with van der Waals surface area (Å²) in [6, 6.07) is 7.23. The summed E-state index contributed by atoms with van der Waals surface area (Å²) >= 11 is 5.89. The number of ether oxygens (including phenoxy) is 1. The Kier molecular flexibility index (Phi) is 4.69. The fraction of sp³-hybridized carbons (Fsp3) is 0.267.